The SMILES string of the molecule is C=C(C)S(=O)(=O)C(=C)C.Cl. The molecule has 0 saturated carbocycles. The molecule has 0 aromatic carbocycles. The third-order valence-electron chi connectivity index (χ3n) is 0.917. The number of hydrogen-bond donors (Lipinski definition) is 0. The minimum Gasteiger partial charge on any atom is -0.219 e. The summed E-state index contributed by atoms with van der Waals surface area (Å²) >= 11 is 0. The normalized spacial score (nSPS) is 9.80. The lowest BCUT2D eigenvalue weighted by Gasteiger charge is -1.98. The van der Waals surface area contributed by atoms with Crippen LogP contribution in [0, 0.1) is 0 Å². The van der Waals surface area contributed by atoms with Gasteiger partial charge in [0.05, 0.1) is 0 Å². The first kappa shape index (κ1) is 12.4. The molecule has 4 heteroatoms. The first-order valence-corrected chi connectivity index (χ1v) is 3.93. The van der Waals surface area contributed by atoms with Gasteiger partial charge in [0.1, 0.15) is 0 Å². The van der Waals surface area contributed by atoms with Crippen molar-refractivity contribution in [3.8, 4) is 0 Å². The first-order chi connectivity index (χ1) is 3.89. The molecule has 2 nitrogen and oxygen atoms in total. The highest BCUT2D eigenvalue weighted by Crippen LogP contribution is 2.11. The Morgan fingerprint density at radius 1 is 1.10 bits per heavy atom. The van der Waals surface area contributed by atoms with E-state index in [9.17, 15) is 8.42 Å². The van der Waals surface area contributed by atoms with Crippen molar-refractivity contribution in [2.75, 3.05) is 0 Å². The molecule has 0 saturated heterocycles. The molecule has 0 aromatic rings. The Balaban J connectivity index is 0. The topological polar surface area (TPSA) is 34.1 Å². The summed E-state index contributed by atoms with van der Waals surface area (Å²) in [6.45, 7) is 9.50. The summed E-state index contributed by atoms with van der Waals surface area (Å²) in [4.78, 5) is 0.296. The van der Waals surface area contributed by atoms with Gasteiger partial charge in [-0.2, -0.15) is 0 Å². The first-order valence-electron chi connectivity index (χ1n) is 2.45. The standard InChI is InChI=1S/C6H10O2S.ClH/c1-5(2)9(7,8)6(3)4;/h1,3H2,2,4H3;1H. The van der Waals surface area contributed by atoms with E-state index in [0.29, 0.717) is 0 Å². The highest BCUT2D eigenvalue weighted by molar-refractivity contribution is 7.98. The van der Waals surface area contributed by atoms with E-state index < -0.39 is 9.84 Å². The van der Waals surface area contributed by atoms with Crippen molar-refractivity contribution < 1.29 is 8.42 Å². The van der Waals surface area contributed by atoms with Crippen LogP contribution in [-0.4, -0.2) is 8.42 Å². The van der Waals surface area contributed by atoms with Crippen LogP contribution in [0.25, 0.3) is 0 Å². The number of sulfone groups is 1. The fourth-order valence-electron chi connectivity index (χ4n) is 0.297. The Morgan fingerprint density at radius 2 is 1.30 bits per heavy atom. The lowest BCUT2D eigenvalue weighted by Crippen LogP contribution is -1.99. The van der Waals surface area contributed by atoms with Gasteiger partial charge >= 0.3 is 0 Å². The summed E-state index contributed by atoms with van der Waals surface area (Å²) < 4.78 is 21.7. The maximum Gasteiger partial charge on any atom is 0.197 e. The Kier molecular flexibility index (Phi) is 4.69. The highest BCUT2D eigenvalue weighted by Gasteiger charge is 2.10. The zero-order chi connectivity index (χ0) is 7.65. The van der Waals surface area contributed by atoms with Crippen molar-refractivity contribution in [3.63, 3.8) is 0 Å². The largest absolute Gasteiger partial charge is 0.219 e. The van der Waals surface area contributed by atoms with Crippen LogP contribution < -0.4 is 0 Å². The van der Waals surface area contributed by atoms with Crippen LogP contribution >= 0.6 is 12.4 Å². The van der Waals surface area contributed by atoms with Crippen molar-refractivity contribution in [1.29, 1.82) is 0 Å². The average molecular weight is 183 g/mol. The van der Waals surface area contributed by atoms with Gasteiger partial charge in [-0.3, -0.25) is 0 Å². The highest BCUT2D eigenvalue weighted by atomic mass is 35.5. The Labute approximate surface area is 68.0 Å². The lowest BCUT2D eigenvalue weighted by molar-refractivity contribution is 0.608. The van der Waals surface area contributed by atoms with Gasteiger partial charge in [0, 0.05) is 9.81 Å². The molecule has 0 bridgehead atoms. The maximum absolute atomic E-state index is 10.8. The molecule has 0 radical (unpaired) electrons. The van der Waals surface area contributed by atoms with Gasteiger partial charge in [-0.15, -0.1) is 12.4 Å². The third-order valence-corrected chi connectivity index (χ3v) is 2.75. The zero-order valence-corrected chi connectivity index (χ0v) is 7.68. The molecule has 0 heterocycles. The summed E-state index contributed by atoms with van der Waals surface area (Å²) in [6, 6.07) is 0. The van der Waals surface area contributed by atoms with Gasteiger partial charge in [0.25, 0.3) is 0 Å². The zero-order valence-electron chi connectivity index (χ0n) is 6.05. The Bertz CT molecular complexity index is 218. The van der Waals surface area contributed by atoms with Gasteiger partial charge < -0.3 is 0 Å². The van der Waals surface area contributed by atoms with Gasteiger partial charge in [0.15, 0.2) is 9.84 Å². The van der Waals surface area contributed by atoms with Crippen LogP contribution in [-0.2, 0) is 9.84 Å². The minimum atomic E-state index is -3.20. The van der Waals surface area contributed by atoms with E-state index in [1.807, 2.05) is 0 Å². The van der Waals surface area contributed by atoms with E-state index in [4.69, 9.17) is 0 Å². The molecule has 0 amide bonds. The molecule has 0 aromatic heterocycles. The van der Waals surface area contributed by atoms with Crippen LogP contribution in [0.1, 0.15) is 13.8 Å². The smallest absolute Gasteiger partial charge is 0.197 e. The molecule has 0 unspecified atom stereocenters. The second kappa shape index (κ2) is 3.78. The number of halogens is 1. The van der Waals surface area contributed by atoms with Gasteiger partial charge in [-0.1, -0.05) is 13.2 Å². The van der Waals surface area contributed by atoms with E-state index in [0.717, 1.165) is 0 Å². The third kappa shape index (κ3) is 2.54. The van der Waals surface area contributed by atoms with Gasteiger partial charge in [0.2, 0.25) is 0 Å². The van der Waals surface area contributed by atoms with Crippen molar-refractivity contribution in [1.82, 2.24) is 0 Å². The van der Waals surface area contributed by atoms with Crippen LogP contribution in [0.4, 0.5) is 0 Å². The predicted octanol–water partition coefficient (Wildman–Crippen LogP) is 1.89. The Morgan fingerprint density at radius 3 is 1.30 bits per heavy atom. The summed E-state index contributed by atoms with van der Waals surface area (Å²) in [5.74, 6) is 0. The monoisotopic (exact) mass is 182 g/mol. The van der Waals surface area contributed by atoms with Gasteiger partial charge in [-0.25, -0.2) is 8.42 Å². The molecular formula is C6H11ClO2S. The summed E-state index contributed by atoms with van der Waals surface area (Å²) in [7, 11) is -3.20. The fourth-order valence-corrected chi connectivity index (χ4v) is 0.892. The molecule has 10 heavy (non-hydrogen) atoms. The van der Waals surface area contributed by atoms with Crippen molar-refractivity contribution in [2.45, 2.75) is 13.8 Å². The summed E-state index contributed by atoms with van der Waals surface area (Å²) in [5.41, 5.74) is 0. The molecular weight excluding hydrogens is 172 g/mol. The average Bonchev–Trinajstić information content (AvgIpc) is 1.65. The molecule has 0 spiro atoms. The number of rotatable bonds is 2. The molecule has 0 aliphatic carbocycles. The summed E-state index contributed by atoms with van der Waals surface area (Å²) in [5, 5.41) is 0. The van der Waals surface area contributed by atoms with Crippen molar-refractivity contribution in [3.05, 3.63) is 23.0 Å². The van der Waals surface area contributed by atoms with E-state index in [2.05, 4.69) is 13.2 Å². The molecule has 0 aliphatic heterocycles. The van der Waals surface area contributed by atoms with Crippen LogP contribution in [0.2, 0.25) is 0 Å². The van der Waals surface area contributed by atoms with Crippen molar-refractivity contribution in [2.24, 2.45) is 0 Å². The van der Waals surface area contributed by atoms with Crippen LogP contribution in [0.3, 0.4) is 0 Å². The lowest BCUT2D eigenvalue weighted by atomic mass is 10.7. The summed E-state index contributed by atoms with van der Waals surface area (Å²) in [6.07, 6.45) is 0. The van der Waals surface area contributed by atoms with Gasteiger partial charge in [-0.05, 0) is 13.8 Å². The predicted molar refractivity (Wildman–Crippen MR) is 45.8 cm³/mol. The number of allylic oxidation sites excluding steroid dienone is 2. The fraction of sp³-hybridized carbons (Fsp3) is 0.333. The maximum atomic E-state index is 10.8. The molecule has 0 N–H and O–H groups in total. The van der Waals surface area contributed by atoms with E-state index in [1.165, 1.54) is 13.8 Å². The van der Waals surface area contributed by atoms with E-state index in [1.54, 1.807) is 0 Å². The quantitative estimate of drug-likeness (QED) is 0.654. The molecule has 0 fully saturated rings. The second-order valence-electron chi connectivity index (χ2n) is 1.91. The van der Waals surface area contributed by atoms with E-state index >= 15 is 0 Å². The van der Waals surface area contributed by atoms with Crippen molar-refractivity contribution >= 4 is 22.2 Å². The molecule has 0 atom stereocenters. The molecule has 0 rings (SSSR count). The molecule has 60 valence electrons. The second-order valence-corrected chi connectivity index (χ2v) is 4.31. The number of hydrogen-bond acceptors (Lipinski definition) is 2. The van der Waals surface area contributed by atoms with E-state index in [-0.39, 0.29) is 22.2 Å². The Hall–Kier alpha value is -0.280. The van der Waals surface area contributed by atoms with Crippen LogP contribution in [0.15, 0.2) is 23.0 Å². The molecule has 0 aliphatic rings. The van der Waals surface area contributed by atoms with Crippen LogP contribution in [0.5, 0.6) is 0 Å². The minimum absolute atomic E-state index is 0.